The Bertz CT molecular complexity index is 907. The zero-order valence-corrected chi connectivity index (χ0v) is 16.1. The van der Waals surface area contributed by atoms with Crippen LogP contribution in [0.2, 0.25) is 5.02 Å². The lowest BCUT2D eigenvalue weighted by molar-refractivity contribution is 0.0988. The van der Waals surface area contributed by atoms with Gasteiger partial charge in [0.2, 0.25) is 10.0 Å². The van der Waals surface area contributed by atoms with E-state index in [1.165, 1.54) is 10.4 Å². The zero-order valence-electron chi connectivity index (χ0n) is 14.6. The predicted molar refractivity (Wildman–Crippen MR) is 103 cm³/mol. The van der Waals surface area contributed by atoms with Crippen molar-refractivity contribution >= 4 is 33.1 Å². The average molecular weight is 393 g/mol. The molecule has 1 saturated heterocycles. The van der Waals surface area contributed by atoms with Gasteiger partial charge in [0.25, 0.3) is 0 Å². The Morgan fingerprint density at radius 2 is 1.73 bits per heavy atom. The van der Waals surface area contributed by atoms with Gasteiger partial charge in [0.05, 0.1) is 15.6 Å². The summed E-state index contributed by atoms with van der Waals surface area (Å²) >= 11 is 6.24. The van der Waals surface area contributed by atoms with Gasteiger partial charge in [-0.15, -0.1) is 0 Å². The number of carbonyl (C=O) groups is 1. The normalized spacial score (nSPS) is 15.8. The molecule has 0 aliphatic carbocycles. The highest BCUT2D eigenvalue weighted by Crippen LogP contribution is 2.27. The van der Waals surface area contributed by atoms with Crippen LogP contribution >= 0.6 is 11.6 Å². The van der Waals surface area contributed by atoms with Crippen LogP contribution in [0, 0.1) is 0 Å². The number of ketones is 1. The van der Waals surface area contributed by atoms with Gasteiger partial charge in [-0.1, -0.05) is 42.8 Å². The third-order valence-electron chi connectivity index (χ3n) is 4.55. The Balaban J connectivity index is 1.76. The number of carbonyl (C=O) groups excluding carboxylic acids is 1. The Kier molecular flexibility index (Phi) is 5.65. The van der Waals surface area contributed by atoms with Crippen molar-refractivity contribution in [2.24, 2.45) is 0 Å². The first kappa shape index (κ1) is 18.9. The molecular weight excluding hydrogens is 372 g/mol. The topological polar surface area (TPSA) is 57.7 Å². The Morgan fingerprint density at radius 1 is 1.04 bits per heavy atom. The van der Waals surface area contributed by atoms with Crippen LogP contribution in [0.15, 0.2) is 53.4 Å². The van der Waals surface area contributed by atoms with E-state index >= 15 is 0 Å². The summed E-state index contributed by atoms with van der Waals surface area (Å²) in [5.41, 5.74) is 1.35. The van der Waals surface area contributed by atoms with Gasteiger partial charge in [-0.3, -0.25) is 4.79 Å². The van der Waals surface area contributed by atoms with E-state index in [0.29, 0.717) is 43.2 Å². The first-order valence-electron chi connectivity index (χ1n) is 8.56. The Labute approximate surface area is 159 Å². The largest absolute Gasteiger partial charge is 0.368 e. The maximum atomic E-state index is 12.9. The summed E-state index contributed by atoms with van der Waals surface area (Å²) in [6.45, 7) is 3.64. The van der Waals surface area contributed by atoms with Gasteiger partial charge in [0.1, 0.15) is 0 Å². The number of rotatable bonds is 5. The van der Waals surface area contributed by atoms with E-state index in [1.807, 2.05) is 24.3 Å². The first-order chi connectivity index (χ1) is 12.4. The van der Waals surface area contributed by atoms with E-state index in [2.05, 4.69) is 4.90 Å². The summed E-state index contributed by atoms with van der Waals surface area (Å²) in [5, 5.41) is 0.662. The van der Waals surface area contributed by atoms with E-state index in [-0.39, 0.29) is 10.7 Å². The minimum absolute atomic E-state index is 0.0643. The van der Waals surface area contributed by atoms with Crippen LogP contribution < -0.4 is 4.90 Å². The van der Waals surface area contributed by atoms with Gasteiger partial charge in [0, 0.05) is 38.2 Å². The molecular formula is C19H21ClN2O3S. The third kappa shape index (κ3) is 3.77. The second-order valence-electron chi connectivity index (χ2n) is 6.15. The van der Waals surface area contributed by atoms with Gasteiger partial charge in [-0.05, 0) is 24.3 Å². The van der Waals surface area contributed by atoms with Gasteiger partial charge >= 0.3 is 0 Å². The summed E-state index contributed by atoms with van der Waals surface area (Å²) in [5.74, 6) is -0.0643. The second kappa shape index (κ2) is 7.78. The van der Waals surface area contributed by atoms with Crippen molar-refractivity contribution in [2.75, 3.05) is 31.1 Å². The molecule has 0 atom stereocenters. The molecule has 26 heavy (non-hydrogen) atoms. The summed E-state index contributed by atoms with van der Waals surface area (Å²) in [4.78, 5) is 14.1. The number of hydrogen-bond acceptors (Lipinski definition) is 4. The summed E-state index contributed by atoms with van der Waals surface area (Å²) in [6, 6.07) is 13.8. The molecule has 138 valence electrons. The molecule has 0 radical (unpaired) electrons. The fourth-order valence-corrected chi connectivity index (χ4v) is 4.78. The maximum Gasteiger partial charge on any atom is 0.243 e. The molecule has 1 fully saturated rings. The van der Waals surface area contributed by atoms with E-state index in [1.54, 1.807) is 25.1 Å². The van der Waals surface area contributed by atoms with Crippen molar-refractivity contribution in [1.82, 2.24) is 4.31 Å². The highest BCUT2D eigenvalue weighted by atomic mass is 35.5. The van der Waals surface area contributed by atoms with Crippen LogP contribution in [0.5, 0.6) is 0 Å². The van der Waals surface area contributed by atoms with Crippen molar-refractivity contribution in [3.05, 3.63) is 59.1 Å². The third-order valence-corrected chi connectivity index (χ3v) is 6.76. The Morgan fingerprint density at radius 3 is 2.38 bits per heavy atom. The quantitative estimate of drug-likeness (QED) is 0.731. The molecule has 1 aliphatic heterocycles. The molecule has 1 heterocycles. The lowest BCUT2D eigenvalue weighted by Gasteiger charge is -2.35. The highest BCUT2D eigenvalue weighted by molar-refractivity contribution is 7.89. The van der Waals surface area contributed by atoms with Crippen LogP contribution in [0.25, 0.3) is 0 Å². The molecule has 0 spiro atoms. The van der Waals surface area contributed by atoms with Crippen LogP contribution in [0.3, 0.4) is 0 Å². The van der Waals surface area contributed by atoms with Crippen LogP contribution in [-0.2, 0) is 10.0 Å². The SMILES string of the molecule is CCC(=O)c1cccc(S(=O)(=O)N2CCN(c3ccccc3Cl)CC2)c1. The van der Waals surface area contributed by atoms with Crippen molar-refractivity contribution in [1.29, 1.82) is 0 Å². The zero-order chi connectivity index (χ0) is 18.7. The summed E-state index contributed by atoms with van der Waals surface area (Å²) < 4.78 is 27.3. The standard InChI is InChI=1S/C19H21ClN2O3S/c1-2-19(23)15-6-5-7-16(14-15)26(24,25)22-12-10-21(11-13-22)18-9-4-3-8-17(18)20/h3-9,14H,2,10-13H2,1H3. The van der Waals surface area contributed by atoms with E-state index in [4.69, 9.17) is 11.6 Å². The predicted octanol–water partition coefficient (Wildman–Crippen LogP) is 3.44. The number of hydrogen-bond donors (Lipinski definition) is 0. The monoisotopic (exact) mass is 392 g/mol. The van der Waals surface area contributed by atoms with Crippen molar-refractivity contribution in [2.45, 2.75) is 18.2 Å². The van der Waals surface area contributed by atoms with E-state index in [9.17, 15) is 13.2 Å². The molecule has 1 aliphatic rings. The number of para-hydroxylation sites is 1. The van der Waals surface area contributed by atoms with Crippen molar-refractivity contribution < 1.29 is 13.2 Å². The fourth-order valence-electron chi connectivity index (χ4n) is 3.06. The molecule has 0 bridgehead atoms. The summed E-state index contributed by atoms with van der Waals surface area (Å²) in [7, 11) is -3.62. The molecule has 0 N–H and O–H groups in total. The number of benzene rings is 2. The number of piperazine rings is 1. The van der Waals surface area contributed by atoms with E-state index in [0.717, 1.165) is 5.69 Å². The number of anilines is 1. The Hall–Kier alpha value is -1.89. The molecule has 3 rings (SSSR count). The molecule has 5 nitrogen and oxygen atoms in total. The lowest BCUT2D eigenvalue weighted by Crippen LogP contribution is -2.48. The molecule has 2 aromatic rings. The summed E-state index contributed by atoms with van der Waals surface area (Å²) in [6.07, 6.45) is 0.347. The fraction of sp³-hybridized carbons (Fsp3) is 0.316. The lowest BCUT2D eigenvalue weighted by atomic mass is 10.1. The maximum absolute atomic E-state index is 12.9. The average Bonchev–Trinajstić information content (AvgIpc) is 2.68. The van der Waals surface area contributed by atoms with Crippen LogP contribution in [0.1, 0.15) is 23.7 Å². The van der Waals surface area contributed by atoms with Crippen LogP contribution in [-0.4, -0.2) is 44.7 Å². The first-order valence-corrected chi connectivity index (χ1v) is 10.4. The van der Waals surface area contributed by atoms with Crippen LogP contribution in [0.4, 0.5) is 5.69 Å². The molecule has 0 saturated carbocycles. The second-order valence-corrected chi connectivity index (χ2v) is 8.49. The van der Waals surface area contributed by atoms with Crippen molar-refractivity contribution in [3.8, 4) is 0 Å². The number of halogens is 1. The van der Waals surface area contributed by atoms with Gasteiger partial charge in [0.15, 0.2) is 5.78 Å². The molecule has 0 unspecified atom stereocenters. The van der Waals surface area contributed by atoms with Gasteiger partial charge in [-0.2, -0.15) is 4.31 Å². The van der Waals surface area contributed by atoms with Gasteiger partial charge < -0.3 is 4.90 Å². The highest BCUT2D eigenvalue weighted by Gasteiger charge is 2.29. The van der Waals surface area contributed by atoms with Crippen molar-refractivity contribution in [3.63, 3.8) is 0 Å². The molecule has 2 aromatic carbocycles. The number of sulfonamides is 1. The number of nitrogens with zero attached hydrogens (tertiary/aromatic N) is 2. The molecule has 0 amide bonds. The smallest absolute Gasteiger partial charge is 0.243 e. The minimum atomic E-state index is -3.62. The van der Waals surface area contributed by atoms with E-state index < -0.39 is 10.0 Å². The van der Waals surface area contributed by atoms with Gasteiger partial charge in [-0.25, -0.2) is 8.42 Å². The minimum Gasteiger partial charge on any atom is -0.368 e. The number of Topliss-reactive ketones (excluding diaryl/α,β-unsaturated/α-hetero) is 1. The molecule has 7 heteroatoms. The molecule has 0 aromatic heterocycles.